The summed E-state index contributed by atoms with van der Waals surface area (Å²) in [7, 11) is 0. The normalized spacial score (nSPS) is 28.4. The van der Waals surface area contributed by atoms with Crippen molar-refractivity contribution in [3.63, 3.8) is 0 Å². The summed E-state index contributed by atoms with van der Waals surface area (Å²) in [6.07, 6.45) is 9.42. The molecule has 5 heteroatoms. The number of aromatic nitrogens is 2. The molecule has 2 aromatic heterocycles. The number of hydrogen-bond donors (Lipinski definition) is 1. The maximum absolute atomic E-state index is 6.37. The van der Waals surface area contributed by atoms with Gasteiger partial charge in [0.25, 0.3) is 0 Å². The molecule has 0 spiro atoms. The van der Waals surface area contributed by atoms with Gasteiger partial charge < -0.3 is 14.6 Å². The topological polar surface area (TPSA) is 60.2 Å². The first-order chi connectivity index (χ1) is 12.3. The first kappa shape index (κ1) is 15.5. The number of pyridine rings is 1. The molecule has 0 amide bonds. The highest BCUT2D eigenvalue weighted by Gasteiger charge is 2.36. The van der Waals surface area contributed by atoms with Crippen LogP contribution in [0, 0.1) is 6.92 Å². The van der Waals surface area contributed by atoms with Crippen LogP contribution in [0.1, 0.15) is 61.5 Å². The average Bonchev–Trinajstić information content (AvgIpc) is 3.30. The van der Waals surface area contributed by atoms with Gasteiger partial charge in [-0.2, -0.15) is 0 Å². The fraction of sp³-hybridized carbons (Fsp3) is 0.600. The summed E-state index contributed by atoms with van der Waals surface area (Å²) in [5.41, 5.74) is 4.11. The van der Waals surface area contributed by atoms with Crippen molar-refractivity contribution < 1.29 is 9.26 Å². The van der Waals surface area contributed by atoms with Gasteiger partial charge in [-0.3, -0.25) is 4.98 Å². The maximum Gasteiger partial charge on any atom is 0.145 e. The molecule has 25 heavy (non-hydrogen) atoms. The van der Waals surface area contributed by atoms with E-state index in [-0.39, 0.29) is 0 Å². The summed E-state index contributed by atoms with van der Waals surface area (Å²) in [5, 5.41) is 8.09. The highest BCUT2D eigenvalue weighted by Crippen LogP contribution is 2.44. The van der Waals surface area contributed by atoms with E-state index in [4.69, 9.17) is 9.26 Å². The van der Waals surface area contributed by atoms with Gasteiger partial charge in [0.05, 0.1) is 12.7 Å². The summed E-state index contributed by atoms with van der Waals surface area (Å²) in [6.45, 7) is 2.62. The number of piperidine rings is 1. The minimum absolute atomic E-state index is 0.351. The van der Waals surface area contributed by atoms with Crippen LogP contribution in [0.2, 0.25) is 0 Å². The van der Waals surface area contributed by atoms with E-state index in [2.05, 4.69) is 21.5 Å². The van der Waals surface area contributed by atoms with Crippen molar-refractivity contribution in [2.75, 3.05) is 0 Å². The molecule has 2 aromatic rings. The molecule has 4 heterocycles. The van der Waals surface area contributed by atoms with E-state index in [1.165, 1.54) is 25.7 Å². The Morgan fingerprint density at radius 2 is 2.00 bits per heavy atom. The van der Waals surface area contributed by atoms with Gasteiger partial charge in [0.1, 0.15) is 11.5 Å². The van der Waals surface area contributed by atoms with Crippen molar-refractivity contribution in [1.82, 2.24) is 15.5 Å². The highest BCUT2D eigenvalue weighted by atomic mass is 16.5. The lowest BCUT2D eigenvalue weighted by molar-refractivity contribution is 0.00875. The minimum atomic E-state index is 0.351. The Hall–Kier alpha value is -1.72. The fourth-order valence-electron chi connectivity index (χ4n) is 4.42. The van der Waals surface area contributed by atoms with E-state index in [0.717, 1.165) is 41.1 Å². The monoisotopic (exact) mass is 339 g/mol. The number of nitrogens with zero attached hydrogens (tertiary/aromatic N) is 2. The Kier molecular flexibility index (Phi) is 3.86. The summed E-state index contributed by atoms with van der Waals surface area (Å²) < 4.78 is 12.1. The lowest BCUT2D eigenvalue weighted by Crippen LogP contribution is -2.41. The van der Waals surface area contributed by atoms with Crippen molar-refractivity contribution in [3.05, 3.63) is 35.3 Å². The number of fused-ring (bicyclic) bond motifs is 2. The Morgan fingerprint density at radius 1 is 1.20 bits per heavy atom. The van der Waals surface area contributed by atoms with Gasteiger partial charge in [0.2, 0.25) is 0 Å². The largest absolute Gasteiger partial charge is 0.373 e. The zero-order chi connectivity index (χ0) is 16.8. The lowest BCUT2D eigenvalue weighted by atomic mass is 10.0. The fourth-order valence-corrected chi connectivity index (χ4v) is 4.42. The van der Waals surface area contributed by atoms with E-state index in [1.54, 1.807) is 0 Å². The number of hydrogen-bond acceptors (Lipinski definition) is 5. The van der Waals surface area contributed by atoms with Crippen molar-refractivity contribution in [1.29, 1.82) is 0 Å². The van der Waals surface area contributed by atoms with E-state index < -0.39 is 0 Å². The average molecular weight is 339 g/mol. The predicted molar refractivity (Wildman–Crippen MR) is 94.2 cm³/mol. The van der Waals surface area contributed by atoms with Crippen LogP contribution in [-0.2, 0) is 11.3 Å². The number of aryl methyl sites for hydroxylation is 1. The zero-order valence-corrected chi connectivity index (χ0v) is 14.7. The van der Waals surface area contributed by atoms with Crippen LogP contribution in [-0.4, -0.2) is 28.3 Å². The molecule has 1 aliphatic carbocycles. The highest BCUT2D eigenvalue weighted by molar-refractivity contribution is 5.65. The quantitative estimate of drug-likeness (QED) is 0.899. The van der Waals surface area contributed by atoms with Crippen LogP contribution < -0.4 is 5.32 Å². The van der Waals surface area contributed by atoms with E-state index >= 15 is 0 Å². The van der Waals surface area contributed by atoms with Gasteiger partial charge in [-0.25, -0.2) is 0 Å². The second-order valence-corrected chi connectivity index (χ2v) is 7.83. The predicted octanol–water partition coefficient (Wildman–Crippen LogP) is 3.72. The molecule has 1 saturated carbocycles. The second-order valence-electron chi connectivity index (χ2n) is 7.83. The smallest absolute Gasteiger partial charge is 0.145 e. The lowest BCUT2D eigenvalue weighted by Gasteiger charge is -2.29. The molecule has 2 bridgehead atoms. The SMILES string of the molecule is Cc1ncccc1-c1noc(C2CC2)c1CO[C@H]1CC2CC[C@@H](C1)N2. The molecule has 0 radical (unpaired) electrons. The first-order valence-electron chi connectivity index (χ1n) is 9.56. The van der Waals surface area contributed by atoms with Crippen LogP contribution in [0.3, 0.4) is 0 Å². The third-order valence-corrected chi connectivity index (χ3v) is 5.92. The number of nitrogens with one attached hydrogen (secondary N) is 1. The minimum Gasteiger partial charge on any atom is -0.373 e. The van der Waals surface area contributed by atoms with Crippen LogP contribution in [0.15, 0.2) is 22.9 Å². The molecule has 2 saturated heterocycles. The van der Waals surface area contributed by atoms with Gasteiger partial charge in [-0.05, 0) is 57.6 Å². The van der Waals surface area contributed by atoms with Crippen molar-refractivity contribution in [2.45, 2.75) is 76.2 Å². The molecule has 0 aromatic carbocycles. The zero-order valence-electron chi connectivity index (χ0n) is 14.7. The molecule has 3 aliphatic rings. The standard InChI is InChI=1S/C20H25N3O2/c1-12-17(3-2-8-21-12)19-18(20(25-23-19)13-4-5-13)11-24-16-9-14-6-7-15(10-16)22-14/h2-3,8,13-16,22H,4-7,9-11H2,1H3/t14-,15?,16+/m0/s1. The summed E-state index contributed by atoms with van der Waals surface area (Å²) in [5.74, 6) is 1.57. The number of ether oxygens (including phenoxy) is 1. The van der Waals surface area contributed by atoms with Crippen molar-refractivity contribution in [3.8, 4) is 11.3 Å². The summed E-state index contributed by atoms with van der Waals surface area (Å²) in [4.78, 5) is 4.41. The van der Waals surface area contributed by atoms with Crippen LogP contribution in [0.5, 0.6) is 0 Å². The maximum atomic E-state index is 6.37. The van der Waals surface area contributed by atoms with Crippen molar-refractivity contribution >= 4 is 0 Å². The Labute approximate surface area is 148 Å². The van der Waals surface area contributed by atoms with Crippen LogP contribution in [0.4, 0.5) is 0 Å². The molecule has 3 fully saturated rings. The molecule has 132 valence electrons. The summed E-state index contributed by atoms with van der Waals surface area (Å²) in [6, 6.07) is 5.33. The van der Waals surface area contributed by atoms with Crippen LogP contribution >= 0.6 is 0 Å². The first-order valence-corrected chi connectivity index (χ1v) is 9.56. The van der Waals surface area contributed by atoms with Gasteiger partial charge >= 0.3 is 0 Å². The molecule has 2 aliphatic heterocycles. The Balaban J connectivity index is 1.39. The Bertz CT molecular complexity index is 756. The third kappa shape index (κ3) is 3.00. The molecule has 3 atom stereocenters. The van der Waals surface area contributed by atoms with E-state index in [1.807, 2.05) is 19.2 Å². The molecule has 1 unspecified atom stereocenters. The summed E-state index contributed by atoms with van der Waals surface area (Å²) >= 11 is 0. The van der Waals surface area contributed by atoms with Gasteiger partial charge in [0, 0.05) is 41.0 Å². The molecule has 5 rings (SSSR count). The third-order valence-electron chi connectivity index (χ3n) is 5.92. The molecular weight excluding hydrogens is 314 g/mol. The molecule has 1 N–H and O–H groups in total. The van der Waals surface area contributed by atoms with Crippen molar-refractivity contribution in [2.24, 2.45) is 0 Å². The molecule has 5 nitrogen and oxygen atoms in total. The Morgan fingerprint density at radius 3 is 2.72 bits per heavy atom. The van der Waals surface area contributed by atoms with Gasteiger partial charge in [0.15, 0.2) is 0 Å². The number of rotatable bonds is 5. The molecular formula is C20H25N3O2. The van der Waals surface area contributed by atoms with E-state index in [0.29, 0.717) is 30.7 Å². The van der Waals surface area contributed by atoms with Crippen LogP contribution in [0.25, 0.3) is 11.3 Å². The van der Waals surface area contributed by atoms with E-state index in [9.17, 15) is 0 Å². The van der Waals surface area contributed by atoms with Gasteiger partial charge in [-0.15, -0.1) is 0 Å². The second kappa shape index (κ2) is 6.22. The van der Waals surface area contributed by atoms with Gasteiger partial charge in [-0.1, -0.05) is 5.16 Å².